The van der Waals surface area contributed by atoms with Crippen LogP contribution in [0.5, 0.6) is 0 Å². The minimum atomic E-state index is -5.08. The van der Waals surface area contributed by atoms with Crippen molar-refractivity contribution in [1.29, 1.82) is 0 Å². The number of fused-ring (bicyclic) bond motifs is 1. The summed E-state index contributed by atoms with van der Waals surface area (Å²) in [6, 6.07) is 4.39. The van der Waals surface area contributed by atoms with Gasteiger partial charge in [-0.2, -0.15) is 18.3 Å². The summed E-state index contributed by atoms with van der Waals surface area (Å²) < 4.78 is 31.7. The Hall–Kier alpha value is -2.40. The minimum absolute atomic E-state index is 0.113. The molecule has 11 heteroatoms. The number of alkyl halides is 3. The van der Waals surface area contributed by atoms with Crippen molar-refractivity contribution in [1.82, 2.24) is 20.0 Å². The number of carboxylic acid groups (broad SMARTS) is 1. The van der Waals surface area contributed by atoms with E-state index in [4.69, 9.17) is 9.90 Å². The predicted molar refractivity (Wildman–Crippen MR) is 104 cm³/mol. The average molecular weight is 444 g/mol. The second-order valence-corrected chi connectivity index (χ2v) is 8.68. The Kier molecular flexibility index (Phi) is 6.81. The summed E-state index contributed by atoms with van der Waals surface area (Å²) in [7, 11) is 0. The number of likely N-dealkylation sites (tertiary alicyclic amines) is 1. The molecule has 0 spiro atoms. The molecule has 1 saturated heterocycles. The van der Waals surface area contributed by atoms with Gasteiger partial charge in [0.15, 0.2) is 5.69 Å². The molecule has 0 radical (unpaired) electrons. The highest BCUT2D eigenvalue weighted by molar-refractivity contribution is 7.11. The molecule has 0 atom stereocenters. The van der Waals surface area contributed by atoms with Gasteiger partial charge in [0.1, 0.15) is 0 Å². The van der Waals surface area contributed by atoms with Crippen molar-refractivity contribution in [2.24, 2.45) is 0 Å². The van der Waals surface area contributed by atoms with Crippen LogP contribution in [0.15, 0.2) is 12.1 Å². The van der Waals surface area contributed by atoms with E-state index < -0.39 is 12.1 Å². The first kappa shape index (κ1) is 22.3. The van der Waals surface area contributed by atoms with E-state index in [1.54, 1.807) is 0 Å². The number of hydrogen-bond acceptors (Lipinski definition) is 5. The maximum Gasteiger partial charge on any atom is 0.490 e. The van der Waals surface area contributed by atoms with Crippen LogP contribution in [-0.2, 0) is 24.3 Å². The topological polar surface area (TPSA) is 89.5 Å². The summed E-state index contributed by atoms with van der Waals surface area (Å²) in [5, 5.41) is 14.6. The summed E-state index contributed by atoms with van der Waals surface area (Å²) in [4.78, 5) is 28.6. The number of carbonyl (C=O) groups is 2. The number of halogens is 3. The number of hydrogen-bond donors (Lipinski definition) is 2. The Morgan fingerprint density at radius 2 is 1.90 bits per heavy atom. The van der Waals surface area contributed by atoms with Crippen LogP contribution in [0.3, 0.4) is 0 Å². The molecule has 0 aromatic carbocycles. The summed E-state index contributed by atoms with van der Waals surface area (Å²) in [5.74, 6) is -2.64. The Labute approximate surface area is 175 Å². The molecule has 2 aliphatic heterocycles. The largest absolute Gasteiger partial charge is 0.490 e. The van der Waals surface area contributed by atoms with Crippen molar-refractivity contribution in [3.63, 3.8) is 0 Å². The molecule has 1 fully saturated rings. The number of thiophene rings is 1. The second kappa shape index (κ2) is 9.17. The lowest BCUT2D eigenvalue weighted by molar-refractivity contribution is -0.192. The van der Waals surface area contributed by atoms with E-state index >= 15 is 0 Å². The van der Waals surface area contributed by atoms with Crippen LogP contribution in [0, 0.1) is 6.92 Å². The van der Waals surface area contributed by atoms with Crippen molar-refractivity contribution in [3.8, 4) is 0 Å². The zero-order chi connectivity index (χ0) is 21.9. The molecule has 2 aromatic rings. The number of aliphatic carboxylic acids is 1. The van der Waals surface area contributed by atoms with Gasteiger partial charge in [-0.1, -0.05) is 0 Å². The lowest BCUT2D eigenvalue weighted by atomic mass is 10.0. The third kappa shape index (κ3) is 5.39. The molecule has 4 rings (SSSR count). The monoisotopic (exact) mass is 444 g/mol. The number of carbonyl (C=O) groups excluding carboxylic acids is 1. The molecule has 2 aliphatic rings. The third-order valence-electron chi connectivity index (χ3n) is 5.03. The summed E-state index contributed by atoms with van der Waals surface area (Å²) in [5.41, 5.74) is 2.92. The number of rotatable bonds is 3. The molecule has 164 valence electrons. The van der Waals surface area contributed by atoms with Gasteiger partial charge in [0.25, 0.3) is 5.91 Å². The zero-order valence-electron chi connectivity index (χ0n) is 16.5. The molecular weight excluding hydrogens is 421 g/mol. The highest BCUT2D eigenvalue weighted by Crippen LogP contribution is 2.25. The van der Waals surface area contributed by atoms with Crippen LogP contribution in [0.1, 0.15) is 44.3 Å². The van der Waals surface area contributed by atoms with Gasteiger partial charge >= 0.3 is 12.1 Å². The first-order valence-corrected chi connectivity index (χ1v) is 10.4. The van der Waals surface area contributed by atoms with Gasteiger partial charge in [-0.25, -0.2) is 4.79 Å². The fourth-order valence-electron chi connectivity index (χ4n) is 3.55. The number of aryl methyl sites for hydroxylation is 1. The highest BCUT2D eigenvalue weighted by Gasteiger charge is 2.38. The highest BCUT2D eigenvalue weighted by atomic mass is 32.1. The van der Waals surface area contributed by atoms with Crippen LogP contribution in [-0.4, -0.2) is 62.8 Å². The number of aromatic nitrogens is 2. The van der Waals surface area contributed by atoms with Crippen molar-refractivity contribution in [2.45, 2.75) is 45.5 Å². The number of H-pyrrole nitrogens is 1. The number of amides is 1. The van der Waals surface area contributed by atoms with Gasteiger partial charge < -0.3 is 10.0 Å². The lowest BCUT2D eigenvalue weighted by Crippen LogP contribution is -2.32. The Morgan fingerprint density at radius 3 is 2.47 bits per heavy atom. The van der Waals surface area contributed by atoms with E-state index in [1.165, 1.54) is 9.75 Å². The fourth-order valence-corrected chi connectivity index (χ4v) is 4.48. The van der Waals surface area contributed by atoms with Gasteiger partial charge in [0.05, 0.1) is 5.69 Å². The van der Waals surface area contributed by atoms with Crippen LogP contribution >= 0.6 is 11.3 Å². The lowest BCUT2D eigenvalue weighted by Gasteiger charge is -2.26. The van der Waals surface area contributed by atoms with Gasteiger partial charge in [0, 0.05) is 48.0 Å². The standard InChI is InChI=1S/C17H22N4OS.C2HF3O2/c1-12-4-5-13(23-12)10-20-9-6-14-15(11-20)18-19-16(14)17(22)21-7-2-3-8-21;3-2(4,5)1(6)7/h4-5H,2-3,6-11H2,1H3,(H,18,19);(H,6,7). The van der Waals surface area contributed by atoms with Crippen molar-refractivity contribution >= 4 is 23.2 Å². The molecule has 0 aliphatic carbocycles. The maximum absolute atomic E-state index is 12.6. The molecule has 0 unspecified atom stereocenters. The van der Waals surface area contributed by atoms with Gasteiger partial charge in [0.2, 0.25) is 0 Å². The summed E-state index contributed by atoms with van der Waals surface area (Å²) in [6.07, 6.45) is -1.94. The van der Waals surface area contributed by atoms with Gasteiger partial charge in [-0.3, -0.25) is 14.8 Å². The van der Waals surface area contributed by atoms with Crippen molar-refractivity contribution < 1.29 is 27.9 Å². The van der Waals surface area contributed by atoms with Crippen molar-refractivity contribution in [2.75, 3.05) is 19.6 Å². The van der Waals surface area contributed by atoms with Crippen LogP contribution in [0.2, 0.25) is 0 Å². The third-order valence-corrected chi connectivity index (χ3v) is 6.01. The Morgan fingerprint density at radius 1 is 1.23 bits per heavy atom. The average Bonchev–Trinajstić information content (AvgIpc) is 3.41. The van der Waals surface area contributed by atoms with Gasteiger partial charge in [-0.05, 0) is 38.3 Å². The van der Waals surface area contributed by atoms with Crippen LogP contribution in [0.25, 0.3) is 0 Å². The predicted octanol–water partition coefficient (Wildman–Crippen LogP) is 3.21. The number of nitrogens with zero attached hydrogens (tertiary/aromatic N) is 3. The van der Waals surface area contributed by atoms with E-state index in [9.17, 15) is 18.0 Å². The van der Waals surface area contributed by atoms with Gasteiger partial charge in [-0.15, -0.1) is 11.3 Å². The number of aromatic amines is 1. The van der Waals surface area contributed by atoms with Crippen LogP contribution < -0.4 is 0 Å². The zero-order valence-corrected chi connectivity index (χ0v) is 17.3. The van der Waals surface area contributed by atoms with Crippen LogP contribution in [0.4, 0.5) is 13.2 Å². The Balaban J connectivity index is 0.000000318. The number of nitrogens with one attached hydrogen (secondary N) is 1. The maximum atomic E-state index is 12.6. The smallest absolute Gasteiger partial charge is 0.475 e. The molecule has 1 amide bonds. The van der Waals surface area contributed by atoms with E-state index in [0.717, 1.165) is 63.2 Å². The van der Waals surface area contributed by atoms with Crippen molar-refractivity contribution in [3.05, 3.63) is 38.8 Å². The molecule has 4 heterocycles. The fraction of sp³-hybridized carbons (Fsp3) is 0.526. The van der Waals surface area contributed by atoms with E-state index in [1.807, 2.05) is 16.2 Å². The molecule has 7 nitrogen and oxygen atoms in total. The molecule has 0 saturated carbocycles. The summed E-state index contributed by atoms with van der Waals surface area (Å²) in [6.45, 7) is 6.73. The van der Waals surface area contributed by atoms with E-state index in [2.05, 4.69) is 34.2 Å². The second-order valence-electron chi connectivity index (χ2n) is 7.30. The Bertz CT molecular complexity index is 903. The first-order valence-electron chi connectivity index (χ1n) is 9.58. The minimum Gasteiger partial charge on any atom is -0.475 e. The molecular formula is C19H23F3N4O3S. The van der Waals surface area contributed by atoms with E-state index in [-0.39, 0.29) is 5.91 Å². The molecule has 2 N–H and O–H groups in total. The summed E-state index contributed by atoms with van der Waals surface area (Å²) >= 11 is 1.86. The normalized spacial score (nSPS) is 16.7. The quantitative estimate of drug-likeness (QED) is 0.759. The van der Waals surface area contributed by atoms with E-state index in [0.29, 0.717) is 5.69 Å². The molecule has 2 aromatic heterocycles. The SMILES string of the molecule is Cc1ccc(CN2CCc3c(C(=O)N4CCCC4)n[nH]c3C2)s1.O=C(O)C(F)(F)F. The number of carboxylic acids is 1. The first-order chi connectivity index (χ1) is 14.1. The molecule has 0 bridgehead atoms. The molecule has 30 heavy (non-hydrogen) atoms.